The van der Waals surface area contributed by atoms with Crippen molar-refractivity contribution in [2.24, 2.45) is 4.99 Å². The monoisotopic (exact) mass is 379 g/mol. The SMILES string of the molecule is CCNC(=NCCc1ccc(OC)c(OC)c1OC)NC1CCC(O)CC1. The average molecular weight is 380 g/mol. The van der Waals surface area contributed by atoms with Crippen LogP contribution in [0.4, 0.5) is 0 Å². The highest BCUT2D eigenvalue weighted by Gasteiger charge is 2.20. The summed E-state index contributed by atoms with van der Waals surface area (Å²) in [6.45, 7) is 3.48. The first-order valence-electron chi connectivity index (χ1n) is 9.63. The lowest BCUT2D eigenvalue weighted by Crippen LogP contribution is -2.45. The highest BCUT2D eigenvalue weighted by atomic mass is 16.5. The molecule has 7 heteroatoms. The van der Waals surface area contributed by atoms with Crippen molar-refractivity contribution in [1.82, 2.24) is 10.6 Å². The minimum absolute atomic E-state index is 0.153. The largest absolute Gasteiger partial charge is 0.493 e. The van der Waals surface area contributed by atoms with E-state index in [-0.39, 0.29) is 6.10 Å². The Morgan fingerprint density at radius 2 is 1.78 bits per heavy atom. The Balaban J connectivity index is 2.02. The number of benzene rings is 1. The van der Waals surface area contributed by atoms with E-state index in [0.29, 0.717) is 29.8 Å². The number of aliphatic hydroxyl groups excluding tert-OH is 1. The molecule has 2 rings (SSSR count). The normalized spacial score (nSPS) is 20.1. The summed E-state index contributed by atoms with van der Waals surface area (Å²) >= 11 is 0. The third kappa shape index (κ3) is 5.92. The molecule has 1 aliphatic carbocycles. The molecule has 0 saturated heterocycles. The minimum Gasteiger partial charge on any atom is -0.493 e. The lowest BCUT2D eigenvalue weighted by molar-refractivity contribution is 0.120. The molecule has 0 bridgehead atoms. The van der Waals surface area contributed by atoms with E-state index in [4.69, 9.17) is 19.2 Å². The fourth-order valence-electron chi connectivity index (χ4n) is 3.38. The summed E-state index contributed by atoms with van der Waals surface area (Å²) in [5.41, 5.74) is 1.02. The average Bonchev–Trinajstić information content (AvgIpc) is 2.69. The summed E-state index contributed by atoms with van der Waals surface area (Å²) in [5, 5.41) is 16.4. The van der Waals surface area contributed by atoms with E-state index in [1.165, 1.54) is 0 Å². The molecular formula is C20H33N3O4. The van der Waals surface area contributed by atoms with E-state index in [0.717, 1.165) is 50.2 Å². The van der Waals surface area contributed by atoms with Crippen LogP contribution in [-0.2, 0) is 6.42 Å². The Morgan fingerprint density at radius 3 is 2.37 bits per heavy atom. The van der Waals surface area contributed by atoms with Crippen LogP contribution in [0.3, 0.4) is 0 Å². The lowest BCUT2D eigenvalue weighted by Gasteiger charge is -2.27. The van der Waals surface area contributed by atoms with E-state index in [9.17, 15) is 5.11 Å². The van der Waals surface area contributed by atoms with Gasteiger partial charge in [-0.15, -0.1) is 0 Å². The van der Waals surface area contributed by atoms with Gasteiger partial charge in [-0.3, -0.25) is 4.99 Å². The van der Waals surface area contributed by atoms with Crippen LogP contribution in [0, 0.1) is 0 Å². The molecule has 0 unspecified atom stereocenters. The lowest BCUT2D eigenvalue weighted by atomic mass is 9.93. The third-order valence-electron chi connectivity index (χ3n) is 4.82. The van der Waals surface area contributed by atoms with Crippen LogP contribution >= 0.6 is 0 Å². The predicted octanol–water partition coefficient (Wildman–Crippen LogP) is 2.11. The molecule has 0 aromatic heterocycles. The highest BCUT2D eigenvalue weighted by molar-refractivity contribution is 5.80. The summed E-state index contributed by atoms with van der Waals surface area (Å²) in [6.07, 6.45) is 4.20. The molecule has 0 spiro atoms. The molecular weight excluding hydrogens is 346 g/mol. The molecule has 3 N–H and O–H groups in total. The van der Waals surface area contributed by atoms with Crippen molar-refractivity contribution in [3.63, 3.8) is 0 Å². The van der Waals surface area contributed by atoms with Gasteiger partial charge in [-0.05, 0) is 45.1 Å². The second-order valence-electron chi connectivity index (χ2n) is 6.65. The van der Waals surface area contributed by atoms with Crippen molar-refractivity contribution in [3.8, 4) is 17.2 Å². The topological polar surface area (TPSA) is 84.3 Å². The van der Waals surface area contributed by atoms with Gasteiger partial charge >= 0.3 is 0 Å². The number of ether oxygens (including phenoxy) is 3. The molecule has 1 aromatic carbocycles. The molecule has 0 amide bonds. The zero-order valence-electron chi connectivity index (χ0n) is 16.9. The van der Waals surface area contributed by atoms with Crippen LogP contribution in [-0.4, -0.2) is 57.6 Å². The standard InChI is InChI=1S/C20H33N3O4/c1-5-21-20(23-15-7-9-16(24)10-8-15)22-13-12-14-6-11-17(25-2)19(27-4)18(14)26-3/h6,11,15-16,24H,5,7-10,12-13H2,1-4H3,(H2,21,22,23). The van der Waals surface area contributed by atoms with E-state index in [1.54, 1.807) is 21.3 Å². The molecule has 0 aliphatic heterocycles. The minimum atomic E-state index is -0.153. The van der Waals surface area contributed by atoms with Crippen molar-refractivity contribution in [1.29, 1.82) is 0 Å². The van der Waals surface area contributed by atoms with Gasteiger partial charge in [0.25, 0.3) is 0 Å². The first kappa shape index (κ1) is 21.2. The summed E-state index contributed by atoms with van der Waals surface area (Å²) in [7, 11) is 4.85. The van der Waals surface area contributed by atoms with Gasteiger partial charge in [-0.25, -0.2) is 0 Å². The van der Waals surface area contributed by atoms with Crippen LogP contribution in [0.1, 0.15) is 38.2 Å². The number of methoxy groups -OCH3 is 3. The van der Waals surface area contributed by atoms with E-state index in [2.05, 4.69) is 17.6 Å². The van der Waals surface area contributed by atoms with Crippen LogP contribution in [0.15, 0.2) is 17.1 Å². The Kier molecular flexibility index (Phi) is 8.51. The predicted molar refractivity (Wildman–Crippen MR) is 107 cm³/mol. The smallest absolute Gasteiger partial charge is 0.203 e. The number of rotatable bonds is 8. The van der Waals surface area contributed by atoms with Crippen molar-refractivity contribution in [3.05, 3.63) is 17.7 Å². The van der Waals surface area contributed by atoms with Crippen molar-refractivity contribution in [2.45, 2.75) is 51.2 Å². The molecule has 1 aliphatic rings. The Morgan fingerprint density at radius 1 is 1.07 bits per heavy atom. The number of guanidine groups is 1. The summed E-state index contributed by atoms with van der Waals surface area (Å²) in [4.78, 5) is 4.70. The summed E-state index contributed by atoms with van der Waals surface area (Å²) in [5.74, 6) is 2.76. The molecule has 1 aromatic rings. The summed E-state index contributed by atoms with van der Waals surface area (Å²) in [6, 6.07) is 4.23. The highest BCUT2D eigenvalue weighted by Crippen LogP contribution is 2.39. The van der Waals surface area contributed by atoms with Gasteiger partial charge in [0.15, 0.2) is 17.5 Å². The number of aliphatic imine (C=N–C) groups is 1. The second kappa shape index (κ2) is 10.9. The molecule has 152 valence electrons. The maximum Gasteiger partial charge on any atom is 0.203 e. The van der Waals surface area contributed by atoms with Crippen molar-refractivity contribution >= 4 is 5.96 Å². The van der Waals surface area contributed by atoms with Gasteiger partial charge in [0, 0.05) is 24.7 Å². The molecule has 0 heterocycles. The van der Waals surface area contributed by atoms with Crippen LogP contribution in [0.25, 0.3) is 0 Å². The zero-order valence-corrected chi connectivity index (χ0v) is 16.9. The van der Waals surface area contributed by atoms with E-state index >= 15 is 0 Å². The van der Waals surface area contributed by atoms with Gasteiger partial charge in [0.2, 0.25) is 5.75 Å². The number of nitrogens with one attached hydrogen (secondary N) is 2. The Bertz CT molecular complexity index is 613. The molecule has 0 atom stereocenters. The van der Waals surface area contributed by atoms with Crippen molar-refractivity contribution in [2.75, 3.05) is 34.4 Å². The van der Waals surface area contributed by atoms with Gasteiger partial charge < -0.3 is 30.0 Å². The first-order valence-corrected chi connectivity index (χ1v) is 9.63. The fourth-order valence-corrected chi connectivity index (χ4v) is 3.38. The van der Waals surface area contributed by atoms with Gasteiger partial charge in [0.05, 0.1) is 27.4 Å². The number of hydrogen-bond acceptors (Lipinski definition) is 5. The summed E-state index contributed by atoms with van der Waals surface area (Å²) < 4.78 is 16.3. The van der Waals surface area contributed by atoms with Crippen LogP contribution in [0.5, 0.6) is 17.2 Å². The number of aliphatic hydroxyl groups is 1. The van der Waals surface area contributed by atoms with Gasteiger partial charge in [-0.2, -0.15) is 0 Å². The Labute approximate surface area is 162 Å². The van der Waals surface area contributed by atoms with Crippen LogP contribution in [0.2, 0.25) is 0 Å². The molecule has 27 heavy (non-hydrogen) atoms. The third-order valence-corrected chi connectivity index (χ3v) is 4.82. The number of hydrogen-bond donors (Lipinski definition) is 3. The van der Waals surface area contributed by atoms with Crippen molar-refractivity contribution < 1.29 is 19.3 Å². The van der Waals surface area contributed by atoms with E-state index in [1.807, 2.05) is 12.1 Å². The fraction of sp³-hybridized carbons (Fsp3) is 0.650. The number of nitrogens with zero attached hydrogens (tertiary/aromatic N) is 1. The van der Waals surface area contributed by atoms with Gasteiger partial charge in [-0.1, -0.05) is 6.07 Å². The first-order chi connectivity index (χ1) is 13.1. The molecule has 1 fully saturated rings. The maximum atomic E-state index is 9.66. The Hall–Kier alpha value is -2.15. The second-order valence-corrected chi connectivity index (χ2v) is 6.65. The maximum absolute atomic E-state index is 9.66. The quantitative estimate of drug-likeness (QED) is 0.474. The van der Waals surface area contributed by atoms with Crippen LogP contribution < -0.4 is 24.8 Å². The molecule has 1 saturated carbocycles. The zero-order chi connectivity index (χ0) is 19.6. The van der Waals surface area contributed by atoms with E-state index < -0.39 is 0 Å². The van der Waals surface area contributed by atoms with Gasteiger partial charge in [0.1, 0.15) is 0 Å². The molecule has 0 radical (unpaired) electrons. The molecule has 7 nitrogen and oxygen atoms in total.